The Labute approximate surface area is 295 Å². The van der Waals surface area contributed by atoms with E-state index in [1.165, 1.54) is 19.3 Å². The van der Waals surface area contributed by atoms with Gasteiger partial charge in [-0.1, -0.05) is 108 Å². The lowest BCUT2D eigenvalue weighted by Crippen LogP contribution is -2.19. The molecule has 0 aromatic heterocycles. The van der Waals surface area contributed by atoms with Crippen LogP contribution in [-0.2, 0) is 19.2 Å². The van der Waals surface area contributed by atoms with E-state index in [1.54, 1.807) is 12.2 Å². The highest BCUT2D eigenvalue weighted by molar-refractivity contribution is 5.86. The van der Waals surface area contributed by atoms with Crippen LogP contribution in [0.25, 0.3) is 0 Å². The first-order valence-electron chi connectivity index (χ1n) is 19.0. The minimum absolute atomic E-state index is 0.0416. The molecule has 5 N–H and O–H groups in total. The standard InChI is InChI=1S/C20H34O5.C20H32O4/c1-2-3-6-9-15(21)12-13-17-16(18(22)14-19(17)23)10-7-4-5-8-11-20(24)25;1-2-3-4-5-6-9-12-16-17(19(22)15-18(16)21)13-10-7-8-11-14-20(23)24/h12-13,15-18,21-22H,2-11,14H2,1H3,(H,24,25);7,9-10,12,16-17,19,22H,2-6,8,11,13-15H2,1H3,(H,23,24)/b13-12+;10-7-,12-9+. The van der Waals surface area contributed by atoms with Crippen molar-refractivity contribution in [1.29, 1.82) is 0 Å². The van der Waals surface area contributed by atoms with Crippen molar-refractivity contribution in [3.8, 4) is 0 Å². The number of unbranched alkanes of at least 4 members (excludes halogenated alkanes) is 10. The summed E-state index contributed by atoms with van der Waals surface area (Å²) in [7, 11) is 0. The molecule has 0 aliphatic heterocycles. The van der Waals surface area contributed by atoms with E-state index in [9.17, 15) is 34.5 Å². The molecule has 2 rings (SSSR count). The lowest BCUT2D eigenvalue weighted by Gasteiger charge is -2.18. The lowest BCUT2D eigenvalue weighted by molar-refractivity contribution is -0.138. The average molecular weight is 691 g/mol. The normalized spacial score (nSPS) is 24.7. The van der Waals surface area contributed by atoms with E-state index in [0.717, 1.165) is 64.2 Å². The molecule has 0 aromatic carbocycles. The summed E-state index contributed by atoms with van der Waals surface area (Å²) in [5.74, 6) is -1.93. The van der Waals surface area contributed by atoms with Crippen LogP contribution in [0.4, 0.5) is 0 Å². The Kier molecular flexibility index (Phi) is 24.6. The zero-order chi connectivity index (χ0) is 36.4. The summed E-state index contributed by atoms with van der Waals surface area (Å²) in [6, 6.07) is 0. The number of carbonyl (C=O) groups excluding carboxylic acids is 2. The van der Waals surface area contributed by atoms with E-state index in [1.807, 2.05) is 18.2 Å². The number of hydrogen-bond donors (Lipinski definition) is 5. The number of Topliss-reactive ketones (excluding diaryl/α,β-unsaturated/α-hetero) is 2. The first kappa shape index (κ1) is 44.4. The van der Waals surface area contributed by atoms with Gasteiger partial charge in [0.25, 0.3) is 0 Å². The Morgan fingerprint density at radius 1 is 0.673 bits per heavy atom. The number of carboxylic acid groups (broad SMARTS) is 2. The largest absolute Gasteiger partial charge is 0.481 e. The van der Waals surface area contributed by atoms with Gasteiger partial charge in [0.2, 0.25) is 0 Å². The average Bonchev–Trinajstić information content (AvgIpc) is 3.48. The fourth-order valence-corrected chi connectivity index (χ4v) is 6.75. The zero-order valence-corrected chi connectivity index (χ0v) is 30.2. The number of aliphatic hydroxyl groups is 3. The maximum absolute atomic E-state index is 12.1. The van der Waals surface area contributed by atoms with Gasteiger partial charge in [-0.05, 0) is 57.3 Å². The van der Waals surface area contributed by atoms with E-state index in [2.05, 4.69) is 19.9 Å². The highest BCUT2D eigenvalue weighted by Gasteiger charge is 2.40. The van der Waals surface area contributed by atoms with Gasteiger partial charge in [0.15, 0.2) is 0 Å². The lowest BCUT2D eigenvalue weighted by atomic mass is 9.88. The van der Waals surface area contributed by atoms with E-state index < -0.39 is 30.3 Å². The summed E-state index contributed by atoms with van der Waals surface area (Å²) in [6.45, 7) is 4.31. The van der Waals surface area contributed by atoms with E-state index in [-0.39, 0.29) is 60.9 Å². The van der Waals surface area contributed by atoms with Gasteiger partial charge in [0, 0.05) is 43.4 Å². The minimum atomic E-state index is -0.774. The maximum atomic E-state index is 12.1. The Hall–Kier alpha value is -2.62. The maximum Gasteiger partial charge on any atom is 0.303 e. The molecule has 0 heterocycles. The van der Waals surface area contributed by atoms with Crippen molar-refractivity contribution in [2.45, 2.75) is 167 Å². The van der Waals surface area contributed by atoms with E-state index in [0.29, 0.717) is 25.7 Å². The molecule has 2 saturated carbocycles. The van der Waals surface area contributed by atoms with Crippen LogP contribution in [0, 0.1) is 23.7 Å². The van der Waals surface area contributed by atoms with Crippen molar-refractivity contribution >= 4 is 23.5 Å². The second-order valence-electron chi connectivity index (χ2n) is 13.9. The highest BCUT2D eigenvalue weighted by atomic mass is 16.4. The van der Waals surface area contributed by atoms with Crippen LogP contribution in [0.5, 0.6) is 0 Å². The number of allylic oxidation sites excluding steroid dienone is 5. The molecular weight excluding hydrogens is 624 g/mol. The van der Waals surface area contributed by atoms with Gasteiger partial charge in [-0.25, -0.2) is 0 Å². The molecule has 2 aliphatic rings. The van der Waals surface area contributed by atoms with Crippen LogP contribution in [0.3, 0.4) is 0 Å². The zero-order valence-electron chi connectivity index (χ0n) is 30.2. The van der Waals surface area contributed by atoms with Crippen molar-refractivity contribution < 1.29 is 44.7 Å². The second kappa shape index (κ2) is 27.1. The van der Waals surface area contributed by atoms with Crippen molar-refractivity contribution in [3.63, 3.8) is 0 Å². The van der Waals surface area contributed by atoms with E-state index >= 15 is 0 Å². The second-order valence-corrected chi connectivity index (χ2v) is 13.9. The predicted octanol–water partition coefficient (Wildman–Crippen LogP) is 7.76. The summed E-state index contributed by atoms with van der Waals surface area (Å²) in [6.07, 6.45) is 26.6. The van der Waals surface area contributed by atoms with Crippen LogP contribution >= 0.6 is 0 Å². The summed E-state index contributed by atoms with van der Waals surface area (Å²) in [5, 5.41) is 47.4. The summed E-state index contributed by atoms with van der Waals surface area (Å²) in [5.41, 5.74) is 0. The highest BCUT2D eigenvalue weighted by Crippen LogP contribution is 2.35. The molecule has 2 aliphatic carbocycles. The van der Waals surface area contributed by atoms with Crippen LogP contribution in [-0.4, -0.2) is 67.3 Å². The third-order valence-corrected chi connectivity index (χ3v) is 9.70. The fourth-order valence-electron chi connectivity index (χ4n) is 6.75. The van der Waals surface area contributed by atoms with Gasteiger partial charge in [-0.3, -0.25) is 19.2 Å². The van der Waals surface area contributed by atoms with E-state index in [4.69, 9.17) is 10.2 Å². The molecule has 0 spiro atoms. The van der Waals surface area contributed by atoms with Gasteiger partial charge < -0.3 is 25.5 Å². The number of aliphatic carboxylic acids is 2. The molecule has 2 fully saturated rings. The third kappa shape index (κ3) is 20.0. The number of hydrogen-bond acceptors (Lipinski definition) is 7. The molecule has 9 nitrogen and oxygen atoms in total. The van der Waals surface area contributed by atoms with Crippen LogP contribution in [0.1, 0.15) is 149 Å². The smallest absolute Gasteiger partial charge is 0.303 e. The SMILES string of the molecule is CCCCCC(O)/C=C/C1C(=O)CC(O)C1CCCCCCC(=O)O.CCCCCC/C=C/C1C(=O)CC(O)C1C/C=C\CCCC(=O)O. The van der Waals surface area contributed by atoms with Crippen molar-refractivity contribution in [2.24, 2.45) is 23.7 Å². The first-order valence-corrected chi connectivity index (χ1v) is 19.0. The van der Waals surface area contributed by atoms with Crippen LogP contribution in [0.2, 0.25) is 0 Å². The number of carbonyl (C=O) groups is 4. The predicted molar refractivity (Wildman–Crippen MR) is 193 cm³/mol. The number of rotatable bonds is 25. The summed E-state index contributed by atoms with van der Waals surface area (Å²) < 4.78 is 0. The molecule has 7 atom stereocenters. The molecule has 0 radical (unpaired) electrons. The monoisotopic (exact) mass is 690 g/mol. The van der Waals surface area contributed by atoms with Gasteiger partial charge >= 0.3 is 11.9 Å². The number of ketones is 2. The third-order valence-electron chi connectivity index (χ3n) is 9.70. The van der Waals surface area contributed by atoms with Gasteiger partial charge in [0.05, 0.1) is 18.3 Å². The molecule has 0 saturated heterocycles. The van der Waals surface area contributed by atoms with Crippen molar-refractivity contribution in [2.75, 3.05) is 0 Å². The van der Waals surface area contributed by atoms with Gasteiger partial charge in [0.1, 0.15) is 11.6 Å². The Balaban J connectivity index is 0.000000490. The molecule has 280 valence electrons. The molecule has 9 heteroatoms. The fraction of sp³-hybridized carbons (Fsp3) is 0.750. The number of carboxylic acids is 2. The van der Waals surface area contributed by atoms with Crippen molar-refractivity contribution in [3.05, 3.63) is 36.5 Å². The molecule has 7 unspecified atom stereocenters. The van der Waals surface area contributed by atoms with Crippen LogP contribution < -0.4 is 0 Å². The quantitative estimate of drug-likeness (QED) is 0.0475. The Morgan fingerprint density at radius 2 is 1.22 bits per heavy atom. The molecular formula is C40H66O9. The Morgan fingerprint density at radius 3 is 1.88 bits per heavy atom. The molecule has 49 heavy (non-hydrogen) atoms. The van der Waals surface area contributed by atoms with Crippen LogP contribution in [0.15, 0.2) is 36.5 Å². The van der Waals surface area contributed by atoms with Gasteiger partial charge in [-0.15, -0.1) is 0 Å². The van der Waals surface area contributed by atoms with Gasteiger partial charge in [-0.2, -0.15) is 0 Å². The first-order chi connectivity index (χ1) is 23.5. The molecule has 0 bridgehead atoms. The molecule has 0 amide bonds. The number of aliphatic hydroxyl groups excluding tert-OH is 3. The topological polar surface area (TPSA) is 169 Å². The minimum Gasteiger partial charge on any atom is -0.481 e. The van der Waals surface area contributed by atoms with Crippen molar-refractivity contribution in [1.82, 2.24) is 0 Å². The summed E-state index contributed by atoms with van der Waals surface area (Å²) >= 11 is 0. The summed E-state index contributed by atoms with van der Waals surface area (Å²) in [4.78, 5) is 45.1. The molecule has 0 aromatic rings. The Bertz CT molecular complexity index is 1030.